The standard InChI is InChI=1S/C21H21Br2N3O2.C3H8.C2H6S.C2H6/c1-11(27)26-6-4-12(5-7-26)18-17-13(9-16(28)20(24)19(17)23)2-3-14-8-15(22)10-25-21(14)18;2*1-3-2;1-2/h8-10,28H,2-7,24H2,1H3;3H2,1-2H3;1-2H3;1-2H3. The second kappa shape index (κ2) is 16.4. The average Bonchev–Trinajstić information content (AvgIpc) is 3.01. The van der Waals surface area contributed by atoms with Crippen LogP contribution in [0.1, 0.15) is 76.3 Å². The maximum atomic E-state index is 11.7. The number of pyridine rings is 1. The van der Waals surface area contributed by atoms with Crippen molar-refractivity contribution in [2.24, 2.45) is 0 Å². The first-order valence-corrected chi connectivity index (χ1v) is 15.7. The first-order chi connectivity index (χ1) is 17.2. The number of halogens is 2. The van der Waals surface area contributed by atoms with E-state index in [0.29, 0.717) is 18.8 Å². The van der Waals surface area contributed by atoms with Gasteiger partial charge in [-0.25, -0.2) is 0 Å². The summed E-state index contributed by atoms with van der Waals surface area (Å²) < 4.78 is 1.67. The number of fused-ring (bicyclic) bond motifs is 2. The molecule has 1 aromatic carbocycles. The number of aryl methyl sites for hydroxylation is 2. The predicted molar refractivity (Wildman–Crippen MR) is 164 cm³/mol. The fourth-order valence-electron chi connectivity index (χ4n) is 4.14. The number of aromatic hydroxyl groups is 1. The number of amides is 1. The Hall–Kier alpha value is -1.51. The van der Waals surface area contributed by atoms with Gasteiger partial charge in [0.25, 0.3) is 0 Å². The summed E-state index contributed by atoms with van der Waals surface area (Å²) in [5.41, 5.74) is 13.1. The normalized spacial score (nSPS) is 14.0. The number of hydrogen-bond donors (Lipinski definition) is 2. The Labute approximate surface area is 238 Å². The molecule has 0 atom stereocenters. The van der Waals surface area contributed by atoms with Gasteiger partial charge < -0.3 is 15.7 Å². The van der Waals surface area contributed by atoms with Crippen LogP contribution in [0.25, 0.3) is 5.57 Å². The Kier molecular flexibility index (Phi) is 14.8. The molecule has 1 aliphatic heterocycles. The van der Waals surface area contributed by atoms with Gasteiger partial charge in [-0.15, -0.1) is 0 Å². The number of phenolic OH excluding ortho intramolecular Hbond substituents is 1. The van der Waals surface area contributed by atoms with Gasteiger partial charge in [-0.05, 0) is 93.3 Å². The number of rotatable bonds is 0. The van der Waals surface area contributed by atoms with Crippen LogP contribution in [-0.2, 0) is 17.6 Å². The van der Waals surface area contributed by atoms with Gasteiger partial charge in [0.05, 0.1) is 15.9 Å². The van der Waals surface area contributed by atoms with Crippen molar-refractivity contribution in [3.63, 3.8) is 0 Å². The summed E-state index contributed by atoms with van der Waals surface area (Å²) in [4.78, 5) is 18.4. The van der Waals surface area contributed by atoms with Crippen LogP contribution in [0.15, 0.2) is 32.8 Å². The zero-order chi connectivity index (χ0) is 27.4. The smallest absolute Gasteiger partial charge is 0.219 e. The molecule has 0 bridgehead atoms. The van der Waals surface area contributed by atoms with Crippen molar-refractivity contribution in [1.29, 1.82) is 0 Å². The molecule has 4 rings (SSSR count). The van der Waals surface area contributed by atoms with Crippen LogP contribution in [0.3, 0.4) is 0 Å². The van der Waals surface area contributed by atoms with E-state index in [2.05, 4.69) is 51.8 Å². The van der Waals surface area contributed by atoms with Gasteiger partial charge in [0.15, 0.2) is 0 Å². The summed E-state index contributed by atoms with van der Waals surface area (Å²) in [6, 6.07) is 3.90. The lowest BCUT2D eigenvalue weighted by molar-refractivity contribution is -0.129. The molecule has 1 fully saturated rings. The zero-order valence-corrected chi connectivity index (χ0v) is 26.7. The van der Waals surface area contributed by atoms with Crippen molar-refractivity contribution in [3.8, 4) is 5.75 Å². The van der Waals surface area contributed by atoms with E-state index in [-0.39, 0.29) is 11.7 Å². The highest BCUT2D eigenvalue weighted by Gasteiger charge is 2.28. The van der Waals surface area contributed by atoms with E-state index < -0.39 is 0 Å². The van der Waals surface area contributed by atoms with Crippen molar-refractivity contribution >= 4 is 60.8 Å². The minimum absolute atomic E-state index is 0.0986. The van der Waals surface area contributed by atoms with Gasteiger partial charge in [0, 0.05) is 41.8 Å². The van der Waals surface area contributed by atoms with Gasteiger partial charge in [0.2, 0.25) is 5.91 Å². The lowest BCUT2D eigenvalue weighted by atomic mass is 9.88. The number of thioether (sulfide) groups is 1. The Morgan fingerprint density at radius 3 is 2.14 bits per heavy atom. The van der Waals surface area contributed by atoms with Crippen molar-refractivity contribution in [1.82, 2.24) is 9.88 Å². The van der Waals surface area contributed by atoms with Gasteiger partial charge >= 0.3 is 0 Å². The number of hydrogen-bond acceptors (Lipinski definition) is 5. The molecule has 0 saturated carbocycles. The summed E-state index contributed by atoms with van der Waals surface area (Å²) >= 11 is 8.93. The quantitative estimate of drug-likeness (QED) is 0.226. The number of likely N-dealkylation sites (tertiary alicyclic amines) is 1. The highest BCUT2D eigenvalue weighted by atomic mass is 79.9. The molecule has 1 saturated heterocycles. The van der Waals surface area contributed by atoms with Crippen LogP contribution in [0, 0.1) is 0 Å². The largest absolute Gasteiger partial charge is 0.506 e. The predicted octanol–water partition coefficient (Wildman–Crippen LogP) is 7.86. The lowest BCUT2D eigenvalue weighted by Gasteiger charge is -2.30. The molecule has 2 heterocycles. The monoisotopic (exact) mass is 641 g/mol. The highest BCUT2D eigenvalue weighted by molar-refractivity contribution is 9.11. The van der Waals surface area contributed by atoms with E-state index in [9.17, 15) is 9.90 Å². The van der Waals surface area contributed by atoms with Crippen molar-refractivity contribution in [2.75, 3.05) is 31.3 Å². The first kappa shape index (κ1) is 32.5. The fraction of sp³-hybridized carbons (Fsp3) is 0.500. The number of carbonyl (C=O) groups excluding carboxylic acids is 1. The summed E-state index contributed by atoms with van der Waals surface area (Å²) in [5, 5.41) is 10.3. The molecule has 0 radical (unpaired) electrons. The molecule has 1 aromatic heterocycles. The SMILES string of the molecule is CC.CC(=O)N1CCC(=C2c3ncc(Br)cc3CCc3cc(O)c(N)c(Br)c32)CC1.CCC.CSC. The molecule has 8 heteroatoms. The number of phenols is 1. The topological polar surface area (TPSA) is 79.5 Å². The number of aromatic nitrogens is 1. The van der Waals surface area contributed by atoms with Crippen LogP contribution in [0.5, 0.6) is 5.75 Å². The fourth-order valence-corrected chi connectivity index (χ4v) is 5.18. The maximum absolute atomic E-state index is 11.7. The minimum atomic E-state index is 0.0986. The molecular formula is C28H41Br2N3O2S. The molecule has 0 unspecified atom stereocenters. The van der Waals surface area contributed by atoms with E-state index in [0.717, 1.165) is 57.0 Å². The molecule has 36 heavy (non-hydrogen) atoms. The van der Waals surface area contributed by atoms with Crippen molar-refractivity contribution in [3.05, 3.63) is 55.2 Å². The molecule has 1 amide bonds. The van der Waals surface area contributed by atoms with Crippen LogP contribution < -0.4 is 5.73 Å². The summed E-state index contributed by atoms with van der Waals surface area (Å²) in [5.74, 6) is 0.213. The third kappa shape index (κ3) is 8.25. The lowest BCUT2D eigenvalue weighted by Crippen LogP contribution is -2.34. The Morgan fingerprint density at radius 1 is 1.08 bits per heavy atom. The molecule has 1 aliphatic carbocycles. The highest BCUT2D eigenvalue weighted by Crippen LogP contribution is 2.45. The Bertz CT molecular complexity index is 1050. The van der Waals surface area contributed by atoms with Crippen LogP contribution in [0.4, 0.5) is 5.69 Å². The van der Waals surface area contributed by atoms with Gasteiger partial charge in [0.1, 0.15) is 5.75 Å². The molecule has 3 N–H and O–H groups in total. The van der Waals surface area contributed by atoms with E-state index in [1.165, 1.54) is 17.6 Å². The van der Waals surface area contributed by atoms with Crippen LogP contribution >= 0.6 is 43.6 Å². The summed E-state index contributed by atoms with van der Waals surface area (Å²) in [6.45, 7) is 11.3. The molecule has 200 valence electrons. The molecule has 2 aliphatic rings. The Balaban J connectivity index is 0.000000725. The Morgan fingerprint density at radius 2 is 1.61 bits per heavy atom. The van der Waals surface area contributed by atoms with Crippen LogP contribution in [-0.4, -0.2) is 46.5 Å². The average molecular weight is 644 g/mol. The first-order valence-electron chi connectivity index (χ1n) is 12.5. The van der Waals surface area contributed by atoms with E-state index in [1.54, 1.807) is 24.8 Å². The van der Waals surface area contributed by atoms with Gasteiger partial charge in [-0.1, -0.05) is 39.7 Å². The van der Waals surface area contributed by atoms with E-state index in [1.807, 2.05) is 37.5 Å². The number of nitrogen functional groups attached to an aromatic ring is 1. The van der Waals surface area contributed by atoms with Crippen molar-refractivity contribution in [2.45, 2.75) is 66.7 Å². The maximum Gasteiger partial charge on any atom is 0.219 e. The summed E-state index contributed by atoms with van der Waals surface area (Å²) in [6.07, 6.45) is 10.4. The van der Waals surface area contributed by atoms with Crippen LogP contribution in [0.2, 0.25) is 0 Å². The number of piperidine rings is 1. The number of carbonyl (C=O) groups is 1. The van der Waals surface area contributed by atoms with E-state index in [4.69, 9.17) is 10.7 Å². The van der Waals surface area contributed by atoms with Crippen molar-refractivity contribution < 1.29 is 9.90 Å². The third-order valence-electron chi connectivity index (χ3n) is 5.61. The minimum Gasteiger partial charge on any atom is -0.506 e. The number of nitrogens with zero attached hydrogens (tertiary/aromatic N) is 2. The van der Waals surface area contributed by atoms with E-state index >= 15 is 0 Å². The van der Waals surface area contributed by atoms with Gasteiger partial charge in [-0.2, -0.15) is 11.8 Å². The number of nitrogens with two attached hydrogens (primary N) is 1. The zero-order valence-electron chi connectivity index (χ0n) is 22.7. The second-order valence-corrected chi connectivity index (χ2v) is 10.9. The molecule has 0 spiro atoms. The second-order valence-electron chi connectivity index (χ2n) is 8.42. The number of benzene rings is 1. The molecular weight excluding hydrogens is 602 g/mol. The third-order valence-corrected chi connectivity index (χ3v) is 6.87. The molecule has 2 aromatic rings. The van der Waals surface area contributed by atoms with Gasteiger partial charge in [-0.3, -0.25) is 9.78 Å². The number of anilines is 1. The summed E-state index contributed by atoms with van der Waals surface area (Å²) in [7, 11) is 0. The molecule has 5 nitrogen and oxygen atoms in total.